The number of ether oxygens (including phenoxy) is 1. The lowest BCUT2D eigenvalue weighted by molar-refractivity contribution is 0.0526. The molecule has 100 valence electrons. The van der Waals surface area contributed by atoms with Crippen LogP contribution in [0.25, 0.3) is 5.82 Å². The summed E-state index contributed by atoms with van der Waals surface area (Å²) in [5.74, 6) is 0.230. The number of aryl methyl sites for hydroxylation is 1. The van der Waals surface area contributed by atoms with Crippen LogP contribution in [0.4, 0.5) is 0 Å². The number of esters is 1. The molecule has 0 N–H and O–H groups in total. The average Bonchev–Trinajstić information content (AvgIpc) is 2.67. The Balaban J connectivity index is 2.32. The Labute approximate surface area is 116 Å². The zero-order valence-electron chi connectivity index (χ0n) is 11.0. The molecule has 0 bridgehead atoms. The SMILES string of the molecule is CCOC(=O)c1ccc(-n2nc(C)c(Cl)c2C)nc1. The summed E-state index contributed by atoms with van der Waals surface area (Å²) in [6.07, 6.45) is 1.47. The van der Waals surface area contributed by atoms with Crippen LogP contribution in [0.5, 0.6) is 0 Å². The van der Waals surface area contributed by atoms with Gasteiger partial charge < -0.3 is 4.74 Å². The fraction of sp³-hybridized carbons (Fsp3) is 0.308. The maximum Gasteiger partial charge on any atom is 0.339 e. The molecular formula is C13H14ClN3O2. The summed E-state index contributed by atoms with van der Waals surface area (Å²) in [5, 5.41) is 4.92. The molecule has 0 fully saturated rings. The van der Waals surface area contributed by atoms with Crippen LogP contribution in [0.2, 0.25) is 5.02 Å². The second-order valence-electron chi connectivity index (χ2n) is 4.02. The van der Waals surface area contributed by atoms with Gasteiger partial charge in [0.2, 0.25) is 0 Å². The van der Waals surface area contributed by atoms with Gasteiger partial charge >= 0.3 is 5.97 Å². The van der Waals surface area contributed by atoms with Crippen LogP contribution in [-0.4, -0.2) is 27.3 Å². The highest BCUT2D eigenvalue weighted by Crippen LogP contribution is 2.21. The van der Waals surface area contributed by atoms with E-state index in [1.54, 1.807) is 23.7 Å². The zero-order chi connectivity index (χ0) is 14.0. The van der Waals surface area contributed by atoms with Gasteiger partial charge in [-0.05, 0) is 32.9 Å². The van der Waals surface area contributed by atoms with E-state index in [9.17, 15) is 4.79 Å². The van der Waals surface area contributed by atoms with Crippen molar-refractivity contribution in [3.05, 3.63) is 40.3 Å². The van der Waals surface area contributed by atoms with E-state index >= 15 is 0 Å². The largest absolute Gasteiger partial charge is 0.462 e. The molecule has 0 atom stereocenters. The predicted molar refractivity (Wildman–Crippen MR) is 71.8 cm³/mol. The van der Waals surface area contributed by atoms with Gasteiger partial charge in [0.15, 0.2) is 5.82 Å². The van der Waals surface area contributed by atoms with Crippen molar-refractivity contribution in [1.29, 1.82) is 0 Å². The van der Waals surface area contributed by atoms with Crippen LogP contribution in [0.15, 0.2) is 18.3 Å². The van der Waals surface area contributed by atoms with Crippen LogP contribution in [0.3, 0.4) is 0 Å². The summed E-state index contributed by atoms with van der Waals surface area (Å²) >= 11 is 6.09. The topological polar surface area (TPSA) is 57.0 Å². The fourth-order valence-electron chi connectivity index (χ4n) is 1.69. The molecule has 0 unspecified atom stereocenters. The Morgan fingerprint density at radius 1 is 1.42 bits per heavy atom. The molecule has 2 aromatic heterocycles. The molecule has 6 heteroatoms. The molecule has 2 heterocycles. The van der Waals surface area contributed by atoms with E-state index in [0.29, 0.717) is 23.0 Å². The van der Waals surface area contributed by atoms with Crippen molar-refractivity contribution >= 4 is 17.6 Å². The second kappa shape index (κ2) is 5.40. The summed E-state index contributed by atoms with van der Waals surface area (Å²) in [6, 6.07) is 3.37. The van der Waals surface area contributed by atoms with Crippen molar-refractivity contribution in [3.8, 4) is 5.82 Å². The fourth-order valence-corrected chi connectivity index (χ4v) is 1.81. The van der Waals surface area contributed by atoms with Crippen molar-refractivity contribution in [2.45, 2.75) is 20.8 Å². The minimum Gasteiger partial charge on any atom is -0.462 e. The first-order valence-electron chi connectivity index (χ1n) is 5.89. The maximum absolute atomic E-state index is 11.5. The zero-order valence-corrected chi connectivity index (χ0v) is 11.7. The number of hydrogen-bond donors (Lipinski definition) is 0. The predicted octanol–water partition coefficient (Wildman–Crippen LogP) is 2.71. The van der Waals surface area contributed by atoms with Gasteiger partial charge in [-0.3, -0.25) is 0 Å². The number of hydrogen-bond acceptors (Lipinski definition) is 4. The Morgan fingerprint density at radius 3 is 2.63 bits per heavy atom. The molecular weight excluding hydrogens is 266 g/mol. The number of pyridine rings is 1. The minimum atomic E-state index is -0.382. The van der Waals surface area contributed by atoms with E-state index in [4.69, 9.17) is 16.3 Å². The lowest BCUT2D eigenvalue weighted by Crippen LogP contribution is -2.07. The molecule has 0 saturated carbocycles. The van der Waals surface area contributed by atoms with Crippen LogP contribution < -0.4 is 0 Å². The average molecular weight is 280 g/mol. The number of aromatic nitrogens is 3. The maximum atomic E-state index is 11.5. The lowest BCUT2D eigenvalue weighted by atomic mass is 10.3. The summed E-state index contributed by atoms with van der Waals surface area (Å²) in [6.45, 7) is 5.80. The third-order valence-electron chi connectivity index (χ3n) is 2.68. The van der Waals surface area contributed by atoms with E-state index in [-0.39, 0.29) is 5.97 Å². The van der Waals surface area contributed by atoms with Crippen molar-refractivity contribution in [1.82, 2.24) is 14.8 Å². The van der Waals surface area contributed by atoms with Gasteiger partial charge in [-0.2, -0.15) is 5.10 Å². The normalized spacial score (nSPS) is 10.5. The molecule has 0 saturated heterocycles. The monoisotopic (exact) mass is 279 g/mol. The van der Waals surface area contributed by atoms with Gasteiger partial charge in [-0.1, -0.05) is 11.6 Å². The smallest absolute Gasteiger partial charge is 0.339 e. The third-order valence-corrected chi connectivity index (χ3v) is 3.23. The third kappa shape index (κ3) is 2.61. The standard InChI is InChI=1S/C13H14ClN3O2/c1-4-19-13(18)10-5-6-11(15-7-10)17-9(3)12(14)8(2)16-17/h5-7H,4H2,1-3H3. The van der Waals surface area contributed by atoms with Crippen molar-refractivity contribution < 1.29 is 9.53 Å². The Kier molecular flexibility index (Phi) is 3.85. The number of nitrogens with zero attached hydrogens (tertiary/aromatic N) is 3. The van der Waals surface area contributed by atoms with E-state index in [1.165, 1.54) is 6.20 Å². The van der Waals surface area contributed by atoms with Gasteiger partial charge in [0.1, 0.15) is 0 Å². The molecule has 2 aromatic rings. The highest BCUT2D eigenvalue weighted by atomic mass is 35.5. The van der Waals surface area contributed by atoms with Gasteiger partial charge in [0.05, 0.1) is 28.6 Å². The first-order chi connectivity index (χ1) is 9.04. The van der Waals surface area contributed by atoms with Gasteiger partial charge in [0.25, 0.3) is 0 Å². The molecule has 0 aliphatic heterocycles. The van der Waals surface area contributed by atoms with Crippen molar-refractivity contribution in [2.24, 2.45) is 0 Å². The Hall–Kier alpha value is -1.88. The quantitative estimate of drug-likeness (QED) is 0.811. The highest BCUT2D eigenvalue weighted by molar-refractivity contribution is 6.31. The minimum absolute atomic E-state index is 0.341. The van der Waals surface area contributed by atoms with Gasteiger partial charge in [-0.25, -0.2) is 14.5 Å². The molecule has 0 aromatic carbocycles. The molecule has 19 heavy (non-hydrogen) atoms. The summed E-state index contributed by atoms with van der Waals surface area (Å²) in [5.41, 5.74) is 1.98. The Bertz CT molecular complexity index is 605. The molecule has 5 nitrogen and oxygen atoms in total. The first-order valence-corrected chi connectivity index (χ1v) is 6.27. The first kappa shape index (κ1) is 13.5. The van der Waals surface area contributed by atoms with Crippen LogP contribution in [0, 0.1) is 13.8 Å². The number of rotatable bonds is 3. The molecule has 0 aliphatic rings. The van der Waals surface area contributed by atoms with E-state index in [0.717, 1.165) is 11.4 Å². The molecule has 0 amide bonds. The summed E-state index contributed by atoms with van der Waals surface area (Å²) < 4.78 is 6.54. The number of halogens is 1. The van der Waals surface area contributed by atoms with Gasteiger partial charge in [-0.15, -0.1) is 0 Å². The Morgan fingerprint density at radius 2 is 2.16 bits per heavy atom. The number of carbonyl (C=O) groups is 1. The van der Waals surface area contributed by atoms with E-state index in [1.807, 2.05) is 13.8 Å². The van der Waals surface area contributed by atoms with E-state index < -0.39 is 0 Å². The number of carbonyl (C=O) groups excluding carboxylic acids is 1. The second-order valence-corrected chi connectivity index (χ2v) is 4.40. The highest BCUT2D eigenvalue weighted by Gasteiger charge is 2.12. The van der Waals surface area contributed by atoms with Crippen LogP contribution in [-0.2, 0) is 4.74 Å². The van der Waals surface area contributed by atoms with Gasteiger partial charge in [0, 0.05) is 6.20 Å². The van der Waals surface area contributed by atoms with Crippen molar-refractivity contribution in [2.75, 3.05) is 6.61 Å². The summed E-state index contributed by atoms with van der Waals surface area (Å²) in [4.78, 5) is 15.7. The van der Waals surface area contributed by atoms with E-state index in [2.05, 4.69) is 10.1 Å². The van der Waals surface area contributed by atoms with Crippen molar-refractivity contribution in [3.63, 3.8) is 0 Å². The molecule has 0 radical (unpaired) electrons. The molecule has 0 aliphatic carbocycles. The lowest BCUT2D eigenvalue weighted by Gasteiger charge is -2.05. The molecule has 0 spiro atoms. The van der Waals surface area contributed by atoms with Crippen LogP contribution >= 0.6 is 11.6 Å². The summed E-state index contributed by atoms with van der Waals surface area (Å²) in [7, 11) is 0. The molecule has 2 rings (SSSR count). The van der Waals surface area contributed by atoms with Crippen LogP contribution in [0.1, 0.15) is 28.7 Å².